The van der Waals surface area contributed by atoms with Crippen LogP contribution in [0.25, 0.3) is 0 Å². The summed E-state index contributed by atoms with van der Waals surface area (Å²) in [5.41, 5.74) is 2.91. The van der Waals surface area contributed by atoms with E-state index in [9.17, 15) is 8.42 Å². The van der Waals surface area contributed by atoms with Gasteiger partial charge in [-0.15, -0.1) is 0 Å². The molecule has 1 heterocycles. The molecule has 0 spiro atoms. The van der Waals surface area contributed by atoms with E-state index in [0.29, 0.717) is 24.1 Å². The van der Waals surface area contributed by atoms with Crippen molar-refractivity contribution in [1.29, 1.82) is 0 Å². The van der Waals surface area contributed by atoms with Crippen molar-refractivity contribution in [3.63, 3.8) is 0 Å². The van der Waals surface area contributed by atoms with Gasteiger partial charge in [0.1, 0.15) is 18.2 Å². The third-order valence-corrected chi connectivity index (χ3v) is 5.62. The number of aromatic nitrogens is 2. The number of ether oxygens (including phenoxy) is 1. The van der Waals surface area contributed by atoms with E-state index < -0.39 is 10.0 Å². The number of sulfonamides is 1. The summed E-state index contributed by atoms with van der Waals surface area (Å²) in [4.78, 5) is 8.79. The Morgan fingerprint density at radius 2 is 1.68 bits per heavy atom. The first kappa shape index (κ1) is 22.5. The number of hydrogen-bond donors (Lipinski definition) is 3. The van der Waals surface area contributed by atoms with E-state index in [4.69, 9.17) is 4.74 Å². The van der Waals surface area contributed by atoms with Gasteiger partial charge in [-0.25, -0.2) is 18.1 Å². The van der Waals surface area contributed by atoms with E-state index in [1.165, 1.54) is 5.56 Å². The number of rotatable bonds is 11. The lowest BCUT2D eigenvalue weighted by Crippen LogP contribution is -2.32. The molecule has 0 saturated carbocycles. The summed E-state index contributed by atoms with van der Waals surface area (Å²) in [5.74, 6) is 1.62. The highest BCUT2D eigenvalue weighted by molar-refractivity contribution is 7.89. The number of nitrogens with zero attached hydrogens (tertiary/aromatic N) is 2. The first-order valence-electron chi connectivity index (χ1n) is 9.98. The number of para-hydroxylation sites is 1. The monoisotopic (exact) mass is 441 g/mol. The predicted octanol–water partition coefficient (Wildman–Crippen LogP) is 3.25. The van der Waals surface area contributed by atoms with Gasteiger partial charge in [-0.3, -0.25) is 0 Å². The van der Waals surface area contributed by atoms with E-state index in [2.05, 4.69) is 25.3 Å². The van der Waals surface area contributed by atoms with Crippen LogP contribution >= 0.6 is 0 Å². The quantitative estimate of drug-likeness (QED) is 0.392. The molecule has 1 aromatic heterocycles. The van der Waals surface area contributed by atoms with Crippen LogP contribution in [0, 0.1) is 13.8 Å². The molecule has 0 atom stereocenters. The number of aryl methyl sites for hydroxylation is 2. The van der Waals surface area contributed by atoms with Crippen molar-refractivity contribution in [1.82, 2.24) is 14.7 Å². The zero-order valence-electron chi connectivity index (χ0n) is 17.6. The molecule has 3 rings (SSSR count). The Kier molecular flexibility index (Phi) is 7.80. The largest absolute Gasteiger partial charge is 0.492 e. The molecular weight excluding hydrogens is 414 g/mol. The van der Waals surface area contributed by atoms with Crippen LogP contribution < -0.4 is 20.1 Å². The van der Waals surface area contributed by atoms with Gasteiger partial charge < -0.3 is 15.4 Å². The van der Waals surface area contributed by atoms with Gasteiger partial charge in [-0.2, -0.15) is 4.98 Å². The minimum atomic E-state index is -3.43. The van der Waals surface area contributed by atoms with Crippen molar-refractivity contribution in [3.05, 3.63) is 71.9 Å². The maximum absolute atomic E-state index is 12.1. The zero-order chi connectivity index (χ0) is 22.1. The summed E-state index contributed by atoms with van der Waals surface area (Å²) < 4.78 is 32.2. The summed E-state index contributed by atoms with van der Waals surface area (Å²) >= 11 is 0. The molecule has 0 saturated heterocycles. The summed E-state index contributed by atoms with van der Waals surface area (Å²) in [5, 5.41) is 6.30. The molecule has 0 radical (unpaired) electrons. The number of nitrogens with one attached hydrogen (secondary N) is 3. The second kappa shape index (κ2) is 10.7. The fourth-order valence-electron chi connectivity index (χ4n) is 2.74. The van der Waals surface area contributed by atoms with Crippen LogP contribution in [0.3, 0.4) is 0 Å². The molecule has 3 N–H and O–H groups in total. The average molecular weight is 442 g/mol. The Bertz CT molecular complexity index is 1070. The van der Waals surface area contributed by atoms with Crippen LogP contribution in [0.15, 0.2) is 60.7 Å². The number of benzene rings is 2. The Morgan fingerprint density at radius 1 is 0.935 bits per heavy atom. The molecule has 0 unspecified atom stereocenters. The molecule has 0 fully saturated rings. The van der Waals surface area contributed by atoms with Crippen LogP contribution in [0.2, 0.25) is 0 Å². The molecule has 3 aromatic rings. The lowest BCUT2D eigenvalue weighted by atomic mass is 10.2. The minimum Gasteiger partial charge on any atom is -0.492 e. The third-order valence-electron chi connectivity index (χ3n) is 4.27. The Morgan fingerprint density at radius 3 is 2.42 bits per heavy atom. The highest BCUT2D eigenvalue weighted by atomic mass is 32.2. The second-order valence-electron chi connectivity index (χ2n) is 7.01. The summed E-state index contributed by atoms with van der Waals surface area (Å²) in [6.07, 6.45) is 0. The van der Waals surface area contributed by atoms with E-state index in [1.54, 1.807) is 12.1 Å². The second-order valence-corrected chi connectivity index (χ2v) is 8.94. The van der Waals surface area contributed by atoms with Crippen LogP contribution in [-0.4, -0.2) is 43.8 Å². The van der Waals surface area contributed by atoms with Gasteiger partial charge in [-0.05, 0) is 38.1 Å². The molecule has 2 aromatic carbocycles. The highest BCUT2D eigenvalue weighted by Crippen LogP contribution is 2.17. The van der Waals surface area contributed by atoms with E-state index >= 15 is 0 Å². The van der Waals surface area contributed by atoms with Crippen molar-refractivity contribution in [3.8, 4) is 5.75 Å². The van der Waals surface area contributed by atoms with Crippen molar-refractivity contribution in [2.24, 2.45) is 0 Å². The third kappa shape index (κ3) is 7.88. The SMILES string of the molecule is Cc1ccc(Nc2cc(C)nc(NCCNS(=O)(=O)CCOc3ccccc3)n2)cc1. The molecular formula is C22H27N5O3S. The summed E-state index contributed by atoms with van der Waals surface area (Å²) in [6.45, 7) is 4.56. The van der Waals surface area contributed by atoms with Gasteiger partial charge in [0.15, 0.2) is 0 Å². The smallest absolute Gasteiger partial charge is 0.224 e. The predicted molar refractivity (Wildman–Crippen MR) is 123 cm³/mol. The van der Waals surface area contributed by atoms with Crippen molar-refractivity contribution >= 4 is 27.5 Å². The molecule has 0 aliphatic carbocycles. The Hall–Kier alpha value is -3.17. The van der Waals surface area contributed by atoms with Gasteiger partial charge in [0.25, 0.3) is 0 Å². The maximum atomic E-state index is 12.1. The van der Waals surface area contributed by atoms with Gasteiger partial charge in [0.2, 0.25) is 16.0 Å². The lowest BCUT2D eigenvalue weighted by Gasteiger charge is -2.11. The first-order chi connectivity index (χ1) is 14.9. The van der Waals surface area contributed by atoms with E-state index in [-0.39, 0.29) is 18.9 Å². The maximum Gasteiger partial charge on any atom is 0.224 e. The number of anilines is 3. The summed E-state index contributed by atoms with van der Waals surface area (Å²) in [7, 11) is -3.43. The standard InChI is InChI=1S/C22H27N5O3S/c1-17-8-10-19(11-9-17)26-21-16-18(2)25-22(27-21)23-12-13-24-31(28,29)15-14-30-20-6-4-3-5-7-20/h3-11,16,24H,12-15H2,1-2H3,(H2,23,25,26,27). The normalized spacial score (nSPS) is 11.2. The molecule has 8 nitrogen and oxygen atoms in total. The van der Waals surface area contributed by atoms with Gasteiger partial charge in [-0.1, -0.05) is 35.9 Å². The first-order valence-corrected chi connectivity index (χ1v) is 11.6. The average Bonchev–Trinajstić information content (AvgIpc) is 2.73. The van der Waals surface area contributed by atoms with Crippen molar-refractivity contribution < 1.29 is 13.2 Å². The molecule has 0 bridgehead atoms. The highest BCUT2D eigenvalue weighted by Gasteiger charge is 2.10. The molecule has 0 aliphatic heterocycles. The molecule has 0 amide bonds. The Labute approximate surface area is 183 Å². The molecule has 164 valence electrons. The fraction of sp³-hybridized carbons (Fsp3) is 0.273. The van der Waals surface area contributed by atoms with Crippen LogP contribution in [0.1, 0.15) is 11.3 Å². The molecule has 9 heteroatoms. The topological polar surface area (TPSA) is 105 Å². The van der Waals surface area contributed by atoms with Gasteiger partial charge in [0, 0.05) is 30.5 Å². The van der Waals surface area contributed by atoms with E-state index in [0.717, 1.165) is 11.4 Å². The molecule has 31 heavy (non-hydrogen) atoms. The van der Waals surface area contributed by atoms with E-state index in [1.807, 2.05) is 62.4 Å². The van der Waals surface area contributed by atoms with Crippen molar-refractivity contribution in [2.45, 2.75) is 13.8 Å². The number of hydrogen-bond acceptors (Lipinski definition) is 7. The molecule has 0 aliphatic rings. The van der Waals surface area contributed by atoms with Crippen molar-refractivity contribution in [2.75, 3.05) is 36.1 Å². The zero-order valence-corrected chi connectivity index (χ0v) is 18.4. The summed E-state index contributed by atoms with van der Waals surface area (Å²) in [6, 6.07) is 19.0. The minimum absolute atomic E-state index is 0.0851. The van der Waals surface area contributed by atoms with Crippen LogP contribution in [-0.2, 0) is 10.0 Å². The van der Waals surface area contributed by atoms with Gasteiger partial charge in [0.05, 0.1) is 5.75 Å². The lowest BCUT2D eigenvalue weighted by molar-refractivity contribution is 0.340. The Balaban J connectivity index is 1.44. The van der Waals surface area contributed by atoms with Crippen LogP contribution in [0.5, 0.6) is 5.75 Å². The fourth-order valence-corrected chi connectivity index (χ4v) is 3.60. The van der Waals surface area contributed by atoms with Gasteiger partial charge >= 0.3 is 0 Å². The van der Waals surface area contributed by atoms with Crippen LogP contribution in [0.4, 0.5) is 17.5 Å².